The molecule has 0 aliphatic carbocycles. The molecule has 3 amide bonds. The molecule has 0 saturated carbocycles. The monoisotopic (exact) mass is 991 g/mol. The highest BCUT2D eigenvalue weighted by Gasteiger charge is 2.45. The fraction of sp³-hybridized carbons (Fsp3) is 0.547. The SMILES string of the molecule is CO[C@@H](C)c1ncccc1-c1c2c3cc(ccc3n1C)-c1cc(O)cc(c1)CC(NC(=O)[C@H](C(C)C)N(C)[N+](=O)[C@H]1CCN(C(=O)C#CCN3CCOCC3)C1)C(=O)N1CCC[C@H](N1)[N+](=O)OCC(C)(C)C2. The topological polar surface area (TPSA) is 194 Å². The molecule has 4 aliphatic heterocycles. The molecule has 384 valence electrons. The Morgan fingerprint density at radius 3 is 2.61 bits per heavy atom. The summed E-state index contributed by atoms with van der Waals surface area (Å²) in [6, 6.07) is 12.4. The van der Waals surface area contributed by atoms with Gasteiger partial charge in [0.2, 0.25) is 10.8 Å². The number of pyridine rings is 1. The van der Waals surface area contributed by atoms with E-state index in [1.54, 1.807) is 37.4 Å². The van der Waals surface area contributed by atoms with Crippen molar-refractivity contribution in [3.05, 3.63) is 81.4 Å². The van der Waals surface area contributed by atoms with Crippen LogP contribution in [0.25, 0.3) is 33.3 Å². The Bertz CT molecular complexity index is 2760. The molecule has 4 aromatic rings. The molecule has 5 atom stereocenters. The maximum Gasteiger partial charge on any atom is 0.326 e. The van der Waals surface area contributed by atoms with Crippen LogP contribution >= 0.6 is 0 Å². The van der Waals surface area contributed by atoms with Gasteiger partial charge in [-0.3, -0.25) is 29.3 Å². The third-order valence-corrected chi connectivity index (χ3v) is 14.4. The predicted octanol–water partition coefficient (Wildman–Crippen LogP) is 4.68. The summed E-state index contributed by atoms with van der Waals surface area (Å²) in [5.41, 5.74) is 9.25. The van der Waals surface area contributed by atoms with E-state index in [0.717, 1.165) is 56.9 Å². The number of phenolic OH excluding ortho intramolecular Hbond substituents is 1. The number of rotatable bonds is 10. The van der Waals surface area contributed by atoms with E-state index < -0.39 is 47.4 Å². The number of hydrogen-bond acceptors (Lipinski definition) is 12. The average Bonchev–Trinajstić information content (AvgIpc) is 3.97. The van der Waals surface area contributed by atoms with E-state index in [-0.39, 0.29) is 43.9 Å². The molecule has 2 aromatic heterocycles. The third kappa shape index (κ3) is 11.4. The molecule has 3 fully saturated rings. The van der Waals surface area contributed by atoms with Crippen molar-refractivity contribution in [2.45, 2.75) is 97.1 Å². The molecule has 6 bridgehead atoms. The minimum absolute atomic E-state index is 0.0255. The number of hydrogen-bond donors (Lipinski definition) is 3. The van der Waals surface area contributed by atoms with Gasteiger partial charge in [-0.15, -0.1) is 5.01 Å². The zero-order chi connectivity index (χ0) is 51.4. The lowest BCUT2D eigenvalue weighted by molar-refractivity contribution is -0.835. The van der Waals surface area contributed by atoms with Crippen LogP contribution in [0.15, 0.2) is 54.7 Å². The predicted molar refractivity (Wildman–Crippen MR) is 269 cm³/mol. The number of amides is 3. The third-order valence-electron chi connectivity index (χ3n) is 14.4. The second-order valence-electron chi connectivity index (χ2n) is 20.7. The van der Waals surface area contributed by atoms with E-state index in [2.05, 4.69) is 58.0 Å². The smallest absolute Gasteiger partial charge is 0.326 e. The van der Waals surface area contributed by atoms with Crippen LogP contribution in [0.1, 0.15) is 76.8 Å². The van der Waals surface area contributed by atoms with E-state index in [9.17, 15) is 29.3 Å². The fourth-order valence-electron chi connectivity index (χ4n) is 10.5. The van der Waals surface area contributed by atoms with Crippen LogP contribution in [0.3, 0.4) is 0 Å². The van der Waals surface area contributed by atoms with E-state index in [1.807, 2.05) is 52.1 Å². The van der Waals surface area contributed by atoms with Crippen LogP contribution in [0.2, 0.25) is 0 Å². The van der Waals surface area contributed by atoms with Crippen LogP contribution in [0.4, 0.5) is 0 Å². The highest BCUT2D eigenvalue weighted by molar-refractivity contribution is 5.96. The normalized spacial score (nSPS) is 21.6. The molecule has 19 nitrogen and oxygen atoms in total. The molecule has 4 aliphatic rings. The van der Waals surface area contributed by atoms with Crippen molar-refractivity contribution >= 4 is 28.6 Å². The molecular weight excluding hydrogens is 921 g/mol. The first-order valence-electron chi connectivity index (χ1n) is 25.1. The quantitative estimate of drug-likeness (QED) is 0.113. The average molecular weight is 991 g/mol. The summed E-state index contributed by atoms with van der Waals surface area (Å²) in [5.74, 6) is 3.86. The molecule has 3 saturated heterocycles. The molecule has 0 spiro atoms. The Labute approximate surface area is 421 Å². The van der Waals surface area contributed by atoms with Crippen LogP contribution in [0, 0.1) is 33.0 Å². The Morgan fingerprint density at radius 1 is 1.08 bits per heavy atom. The van der Waals surface area contributed by atoms with Gasteiger partial charge in [-0.2, -0.15) is 5.43 Å². The van der Waals surface area contributed by atoms with E-state index in [1.165, 1.54) is 10.0 Å². The number of methoxy groups -OCH3 is 1. The number of nitrogens with one attached hydrogen (secondary N) is 2. The van der Waals surface area contributed by atoms with Gasteiger partial charge < -0.3 is 29.4 Å². The number of ether oxygens (including phenoxy) is 2. The van der Waals surface area contributed by atoms with Gasteiger partial charge in [0.05, 0.1) is 60.7 Å². The number of hydrazine groups is 2. The first-order valence-corrected chi connectivity index (χ1v) is 25.1. The number of phenols is 1. The van der Waals surface area contributed by atoms with Gasteiger partial charge >= 0.3 is 6.17 Å². The Hall–Kier alpha value is -6.46. The molecule has 2 aromatic carbocycles. The Morgan fingerprint density at radius 2 is 1.86 bits per heavy atom. The van der Waals surface area contributed by atoms with Crippen molar-refractivity contribution in [3.8, 4) is 40.0 Å². The number of aryl methyl sites for hydroxylation is 1. The summed E-state index contributed by atoms with van der Waals surface area (Å²) in [7, 11) is 5.23. The number of aromatic nitrogens is 2. The highest BCUT2D eigenvalue weighted by Crippen LogP contribution is 2.41. The molecule has 3 N–H and O–H groups in total. The van der Waals surface area contributed by atoms with E-state index in [4.69, 9.17) is 19.3 Å². The summed E-state index contributed by atoms with van der Waals surface area (Å²) >= 11 is 0. The molecule has 0 radical (unpaired) electrons. The lowest BCUT2D eigenvalue weighted by atomic mass is 9.84. The zero-order valence-electron chi connectivity index (χ0n) is 42.9. The maximum absolute atomic E-state index is 14.8. The number of carbonyl (C=O) groups is 3. The van der Waals surface area contributed by atoms with Crippen molar-refractivity contribution in [3.63, 3.8) is 0 Å². The number of benzene rings is 2. The van der Waals surface area contributed by atoms with Crippen LogP contribution < -0.4 is 10.7 Å². The van der Waals surface area contributed by atoms with E-state index >= 15 is 0 Å². The van der Waals surface area contributed by atoms with Gasteiger partial charge in [-0.05, 0) is 90.3 Å². The van der Waals surface area contributed by atoms with Gasteiger partial charge in [0.1, 0.15) is 16.7 Å². The fourth-order valence-corrected chi connectivity index (χ4v) is 10.5. The van der Waals surface area contributed by atoms with Gasteiger partial charge in [-0.25, -0.2) is 4.84 Å². The number of likely N-dealkylation sites (tertiary alicyclic amines) is 1. The second kappa shape index (κ2) is 22.1. The van der Waals surface area contributed by atoms with Crippen LogP contribution in [0.5, 0.6) is 5.75 Å². The largest absolute Gasteiger partial charge is 0.508 e. The van der Waals surface area contributed by atoms with Crippen molar-refractivity contribution in [1.29, 1.82) is 0 Å². The van der Waals surface area contributed by atoms with Gasteiger partial charge in [-0.1, -0.05) is 45.7 Å². The molecule has 72 heavy (non-hydrogen) atoms. The lowest BCUT2D eigenvalue weighted by Gasteiger charge is -2.33. The van der Waals surface area contributed by atoms with Crippen molar-refractivity contribution in [1.82, 2.24) is 40.1 Å². The minimum Gasteiger partial charge on any atom is -0.508 e. The lowest BCUT2D eigenvalue weighted by Crippen LogP contribution is -2.62. The number of aromatic hydroxyl groups is 1. The summed E-state index contributed by atoms with van der Waals surface area (Å²) in [6.07, 6.45) is 2.29. The number of carbonyl (C=O) groups excluding carboxylic acids is 3. The van der Waals surface area contributed by atoms with Gasteiger partial charge in [0, 0.05) is 87.7 Å². The molecule has 1 unspecified atom stereocenters. The van der Waals surface area contributed by atoms with Gasteiger partial charge in [0.25, 0.3) is 17.9 Å². The summed E-state index contributed by atoms with van der Waals surface area (Å²) in [4.78, 5) is 86.3. The number of nitrogens with zero attached hydrogens (tertiary/aromatic N) is 8. The zero-order valence-corrected chi connectivity index (χ0v) is 42.9. The molecule has 6 heterocycles. The first kappa shape index (κ1) is 51.9. The molecule has 8 rings (SSSR count). The second-order valence-corrected chi connectivity index (χ2v) is 20.7. The van der Waals surface area contributed by atoms with Gasteiger partial charge in [0.15, 0.2) is 12.6 Å². The Kier molecular flexibility index (Phi) is 15.9. The number of fused-ring (bicyclic) bond motifs is 6. The van der Waals surface area contributed by atoms with Crippen LogP contribution in [-0.2, 0) is 48.6 Å². The minimum atomic E-state index is -1.20. The number of morpholine rings is 1. The first-order chi connectivity index (χ1) is 34.4. The standard InChI is InChI=1S/C53H68N10O9/c1-34(2)49(58(7)62(68)39-17-21-60(32-39)47(65)14-11-19-59-22-24-71-25-23-59)51(66)55-44-28-36-26-38(29-40(64)27-36)37-15-16-45-42(30-37)43(50(57(45)6)41-12-9-18-54-48(41)35(3)70-8)31-53(4,5)33-72-63(69)46-13-10-20-61(56-46)52(44)67/h9,12,15-16,18,26-27,29-30,34-35,39,44,46,49,56H,10,13,17,19-25,28,31-33H2,1-8H3/p+2/t35-,39-,44?,46+,49-/m0/s1. The molecule has 19 heteroatoms. The summed E-state index contributed by atoms with van der Waals surface area (Å²) in [5, 5.41) is 18.0. The van der Waals surface area contributed by atoms with Crippen LogP contribution in [-0.4, -0.2) is 160 Å². The number of nitroso groups, excluding NO2 is 1. The molecular formula is C53H70N10O9+2. The highest BCUT2D eigenvalue weighted by atomic mass is 16.8. The van der Waals surface area contributed by atoms with E-state index in [0.29, 0.717) is 68.0 Å². The summed E-state index contributed by atoms with van der Waals surface area (Å²) < 4.78 is 13.3. The Balaban J connectivity index is 1.10. The maximum atomic E-state index is 14.8. The number of likely N-dealkylation sites (N-methyl/N-ethyl adjacent to an activating group) is 1. The summed E-state index contributed by atoms with van der Waals surface area (Å²) in [6.45, 7) is 13.7. The van der Waals surface area contributed by atoms with Crippen molar-refractivity contribution < 1.29 is 43.6 Å². The van der Waals surface area contributed by atoms with Crippen molar-refractivity contribution in [2.24, 2.45) is 18.4 Å². The van der Waals surface area contributed by atoms with Crippen molar-refractivity contribution in [2.75, 3.05) is 73.2 Å².